The standard InChI is InChI=1S/C16H19BO2/c1-12(2)11-13-3-5-14(6-4-13)15-7-9-16(10-8-15)17(18)19/h3-10,12,18-19H,11H2,1-2H3. The lowest BCUT2D eigenvalue weighted by Crippen LogP contribution is -2.29. The highest BCUT2D eigenvalue weighted by molar-refractivity contribution is 6.58. The summed E-state index contributed by atoms with van der Waals surface area (Å²) in [5.41, 5.74) is 4.09. The molecule has 2 aromatic rings. The first-order chi connectivity index (χ1) is 9.06. The van der Waals surface area contributed by atoms with Gasteiger partial charge in [-0.1, -0.05) is 62.4 Å². The van der Waals surface area contributed by atoms with Crippen LogP contribution in [-0.2, 0) is 6.42 Å². The molecule has 0 aliphatic carbocycles. The van der Waals surface area contributed by atoms with E-state index in [2.05, 4.69) is 38.1 Å². The van der Waals surface area contributed by atoms with Crippen molar-refractivity contribution in [1.29, 1.82) is 0 Å². The predicted molar refractivity (Wildman–Crippen MR) is 80.2 cm³/mol. The van der Waals surface area contributed by atoms with Crippen LogP contribution in [0.1, 0.15) is 19.4 Å². The van der Waals surface area contributed by atoms with Gasteiger partial charge in [-0.05, 0) is 34.5 Å². The van der Waals surface area contributed by atoms with Gasteiger partial charge in [-0.3, -0.25) is 0 Å². The Bertz CT molecular complexity index is 515. The lowest BCUT2D eigenvalue weighted by atomic mass is 9.80. The molecular formula is C16H19BO2. The maximum atomic E-state index is 9.06. The van der Waals surface area contributed by atoms with Gasteiger partial charge in [0.05, 0.1) is 0 Å². The molecule has 0 saturated heterocycles. The Labute approximate surface area is 114 Å². The molecule has 0 aromatic heterocycles. The molecule has 2 nitrogen and oxygen atoms in total. The van der Waals surface area contributed by atoms with Crippen LogP contribution in [0.4, 0.5) is 0 Å². The van der Waals surface area contributed by atoms with Crippen LogP contribution in [0.25, 0.3) is 11.1 Å². The van der Waals surface area contributed by atoms with Crippen LogP contribution >= 0.6 is 0 Å². The number of benzene rings is 2. The highest BCUT2D eigenvalue weighted by Crippen LogP contribution is 2.20. The molecule has 0 unspecified atom stereocenters. The molecule has 0 atom stereocenters. The fourth-order valence-corrected chi connectivity index (χ4v) is 2.15. The van der Waals surface area contributed by atoms with Crippen molar-refractivity contribution < 1.29 is 10.0 Å². The Hall–Kier alpha value is -1.58. The second-order valence-electron chi connectivity index (χ2n) is 5.29. The summed E-state index contributed by atoms with van der Waals surface area (Å²) in [6.07, 6.45) is 1.09. The van der Waals surface area contributed by atoms with Gasteiger partial charge < -0.3 is 10.0 Å². The zero-order valence-corrected chi connectivity index (χ0v) is 11.4. The molecule has 0 amide bonds. The summed E-state index contributed by atoms with van der Waals surface area (Å²) in [6.45, 7) is 4.43. The zero-order chi connectivity index (χ0) is 13.8. The summed E-state index contributed by atoms with van der Waals surface area (Å²) in [7, 11) is -1.40. The summed E-state index contributed by atoms with van der Waals surface area (Å²) in [6, 6.07) is 15.8. The van der Waals surface area contributed by atoms with Gasteiger partial charge in [-0.2, -0.15) is 0 Å². The van der Waals surface area contributed by atoms with E-state index in [4.69, 9.17) is 10.0 Å². The molecule has 2 rings (SSSR count). The van der Waals surface area contributed by atoms with E-state index in [1.165, 1.54) is 5.56 Å². The lowest BCUT2D eigenvalue weighted by Gasteiger charge is -2.07. The summed E-state index contributed by atoms with van der Waals surface area (Å²) in [5, 5.41) is 18.1. The van der Waals surface area contributed by atoms with E-state index >= 15 is 0 Å². The molecule has 0 bridgehead atoms. The Morgan fingerprint density at radius 1 is 0.842 bits per heavy atom. The molecule has 0 aliphatic heterocycles. The van der Waals surface area contributed by atoms with Gasteiger partial charge >= 0.3 is 7.12 Å². The zero-order valence-electron chi connectivity index (χ0n) is 11.4. The second-order valence-corrected chi connectivity index (χ2v) is 5.29. The molecule has 2 aromatic carbocycles. The first kappa shape index (κ1) is 13.8. The van der Waals surface area contributed by atoms with Crippen LogP contribution in [0, 0.1) is 5.92 Å². The van der Waals surface area contributed by atoms with Crippen LogP contribution in [0.3, 0.4) is 0 Å². The molecule has 98 valence electrons. The van der Waals surface area contributed by atoms with Crippen molar-refractivity contribution in [1.82, 2.24) is 0 Å². The van der Waals surface area contributed by atoms with E-state index in [1.807, 2.05) is 12.1 Å². The number of hydrogen-bond acceptors (Lipinski definition) is 2. The quantitative estimate of drug-likeness (QED) is 0.821. The number of hydrogen-bond donors (Lipinski definition) is 2. The monoisotopic (exact) mass is 254 g/mol. The van der Waals surface area contributed by atoms with Crippen LogP contribution in [0.5, 0.6) is 0 Å². The maximum Gasteiger partial charge on any atom is 0.488 e. The first-order valence-corrected chi connectivity index (χ1v) is 6.61. The van der Waals surface area contributed by atoms with Gasteiger partial charge in [-0.25, -0.2) is 0 Å². The third-order valence-corrected chi connectivity index (χ3v) is 3.14. The van der Waals surface area contributed by atoms with E-state index in [-0.39, 0.29) is 0 Å². The Kier molecular flexibility index (Phi) is 4.41. The van der Waals surface area contributed by atoms with Crippen molar-refractivity contribution in [2.45, 2.75) is 20.3 Å². The van der Waals surface area contributed by atoms with Gasteiger partial charge in [0.1, 0.15) is 0 Å². The maximum absolute atomic E-state index is 9.06. The Morgan fingerprint density at radius 2 is 1.32 bits per heavy atom. The fourth-order valence-electron chi connectivity index (χ4n) is 2.15. The molecule has 19 heavy (non-hydrogen) atoms. The van der Waals surface area contributed by atoms with Crippen molar-refractivity contribution in [2.24, 2.45) is 5.92 Å². The van der Waals surface area contributed by atoms with Gasteiger partial charge in [0.25, 0.3) is 0 Å². The van der Waals surface area contributed by atoms with E-state index in [0.717, 1.165) is 17.5 Å². The highest BCUT2D eigenvalue weighted by Gasteiger charge is 2.10. The number of rotatable bonds is 4. The summed E-state index contributed by atoms with van der Waals surface area (Å²) in [5.74, 6) is 0.663. The predicted octanol–water partition coefficient (Wildman–Crippen LogP) is 2.23. The molecule has 0 aliphatic rings. The SMILES string of the molecule is CC(C)Cc1ccc(-c2ccc(B(O)O)cc2)cc1. The molecule has 0 radical (unpaired) electrons. The lowest BCUT2D eigenvalue weighted by molar-refractivity contribution is 0.426. The summed E-state index contributed by atoms with van der Waals surface area (Å²) >= 11 is 0. The van der Waals surface area contributed by atoms with Crippen molar-refractivity contribution in [3.63, 3.8) is 0 Å². The van der Waals surface area contributed by atoms with E-state index < -0.39 is 7.12 Å². The normalized spacial score (nSPS) is 10.8. The minimum atomic E-state index is -1.40. The first-order valence-electron chi connectivity index (χ1n) is 6.61. The van der Waals surface area contributed by atoms with Crippen molar-refractivity contribution in [3.8, 4) is 11.1 Å². The fraction of sp³-hybridized carbons (Fsp3) is 0.250. The molecule has 0 heterocycles. The molecule has 0 fully saturated rings. The van der Waals surface area contributed by atoms with Gasteiger partial charge in [-0.15, -0.1) is 0 Å². The van der Waals surface area contributed by atoms with E-state index in [1.54, 1.807) is 12.1 Å². The molecule has 0 spiro atoms. The summed E-state index contributed by atoms with van der Waals surface area (Å²) in [4.78, 5) is 0. The smallest absolute Gasteiger partial charge is 0.423 e. The third kappa shape index (κ3) is 3.69. The van der Waals surface area contributed by atoms with Crippen molar-refractivity contribution >= 4 is 12.6 Å². The van der Waals surface area contributed by atoms with Gasteiger partial charge in [0.2, 0.25) is 0 Å². The molecular weight excluding hydrogens is 235 g/mol. The second kappa shape index (κ2) is 6.05. The average molecular weight is 254 g/mol. The van der Waals surface area contributed by atoms with Crippen molar-refractivity contribution in [2.75, 3.05) is 0 Å². The Morgan fingerprint density at radius 3 is 1.74 bits per heavy atom. The Balaban J connectivity index is 2.17. The van der Waals surface area contributed by atoms with Crippen LogP contribution in [-0.4, -0.2) is 17.2 Å². The average Bonchev–Trinajstić information content (AvgIpc) is 2.39. The van der Waals surface area contributed by atoms with Crippen LogP contribution < -0.4 is 5.46 Å². The topological polar surface area (TPSA) is 40.5 Å². The summed E-state index contributed by atoms with van der Waals surface area (Å²) < 4.78 is 0. The highest BCUT2D eigenvalue weighted by atomic mass is 16.4. The molecule has 0 saturated carbocycles. The van der Waals surface area contributed by atoms with Crippen LogP contribution in [0.2, 0.25) is 0 Å². The minimum Gasteiger partial charge on any atom is -0.423 e. The van der Waals surface area contributed by atoms with Crippen molar-refractivity contribution in [3.05, 3.63) is 54.1 Å². The van der Waals surface area contributed by atoms with Crippen LogP contribution in [0.15, 0.2) is 48.5 Å². The van der Waals surface area contributed by atoms with Gasteiger partial charge in [0, 0.05) is 0 Å². The minimum absolute atomic E-state index is 0.514. The largest absolute Gasteiger partial charge is 0.488 e. The van der Waals surface area contributed by atoms with Gasteiger partial charge in [0.15, 0.2) is 0 Å². The third-order valence-electron chi connectivity index (χ3n) is 3.14. The molecule has 2 N–H and O–H groups in total. The van der Waals surface area contributed by atoms with E-state index in [0.29, 0.717) is 11.4 Å². The molecule has 3 heteroatoms. The van der Waals surface area contributed by atoms with E-state index in [9.17, 15) is 0 Å².